The van der Waals surface area contributed by atoms with Gasteiger partial charge in [-0.05, 0) is 13.0 Å². The average Bonchev–Trinajstić information content (AvgIpc) is 2.02. The first-order valence-electron chi connectivity index (χ1n) is 4.24. The summed E-state index contributed by atoms with van der Waals surface area (Å²) in [5.41, 5.74) is 0. The second-order valence-corrected chi connectivity index (χ2v) is 2.97. The Morgan fingerprint density at radius 3 is 2.92 bits per heavy atom. The van der Waals surface area contributed by atoms with Crippen LogP contribution in [-0.4, -0.2) is 17.9 Å². The molecule has 0 saturated heterocycles. The van der Waals surface area contributed by atoms with E-state index in [0.29, 0.717) is 6.42 Å². The Labute approximate surface area is 77.1 Å². The molecule has 0 radical (unpaired) electrons. The van der Waals surface area contributed by atoms with Crippen LogP contribution in [0.25, 0.3) is 0 Å². The van der Waals surface area contributed by atoms with Gasteiger partial charge in [0.2, 0.25) is 0 Å². The van der Waals surface area contributed by atoms with Crippen LogP contribution in [0.2, 0.25) is 0 Å². The van der Waals surface area contributed by atoms with Gasteiger partial charge in [0.05, 0.1) is 0 Å². The fourth-order valence-electron chi connectivity index (χ4n) is 1.03. The molecule has 0 aliphatic carbocycles. The summed E-state index contributed by atoms with van der Waals surface area (Å²) in [6.45, 7) is 1.80. The first-order chi connectivity index (χ1) is 6.18. The third kappa shape index (κ3) is 3.69. The largest absolute Gasteiger partial charge is 0.462 e. The van der Waals surface area contributed by atoms with Crippen LogP contribution in [0.4, 0.5) is 0 Å². The fourth-order valence-corrected chi connectivity index (χ4v) is 1.03. The van der Waals surface area contributed by atoms with Crippen molar-refractivity contribution in [1.29, 1.82) is 0 Å². The molecule has 70 valence electrons. The number of carbonyl (C=O) groups excluding carboxylic acids is 2. The van der Waals surface area contributed by atoms with Gasteiger partial charge in [-0.15, -0.1) is 0 Å². The van der Waals surface area contributed by atoms with E-state index < -0.39 is 5.97 Å². The Morgan fingerprint density at radius 1 is 1.38 bits per heavy atom. The van der Waals surface area contributed by atoms with E-state index in [2.05, 4.69) is 0 Å². The van der Waals surface area contributed by atoms with Gasteiger partial charge >= 0.3 is 5.97 Å². The molecule has 0 bridgehead atoms. The van der Waals surface area contributed by atoms with Crippen molar-refractivity contribution in [2.75, 3.05) is 0 Å². The molecule has 0 aromatic heterocycles. The molecule has 0 fully saturated rings. The van der Waals surface area contributed by atoms with Crippen LogP contribution in [0.5, 0.6) is 0 Å². The maximum atomic E-state index is 11.0. The number of hydrogen-bond donors (Lipinski definition) is 0. The van der Waals surface area contributed by atoms with Gasteiger partial charge in [-0.1, -0.05) is 18.2 Å². The Balaban J connectivity index is 2.67. The molecule has 1 atom stereocenters. The molecule has 0 amide bonds. The summed E-state index contributed by atoms with van der Waals surface area (Å²) in [4.78, 5) is 22.0. The maximum Gasteiger partial charge on any atom is 0.313 e. The van der Waals surface area contributed by atoms with Crippen molar-refractivity contribution in [2.45, 2.75) is 25.9 Å². The first kappa shape index (κ1) is 9.71. The van der Waals surface area contributed by atoms with Crippen molar-refractivity contribution in [2.24, 2.45) is 0 Å². The molecule has 0 spiro atoms. The topological polar surface area (TPSA) is 43.4 Å². The lowest BCUT2D eigenvalue weighted by Gasteiger charge is -2.10. The van der Waals surface area contributed by atoms with Gasteiger partial charge in [-0.3, -0.25) is 9.59 Å². The predicted molar refractivity (Wildman–Crippen MR) is 48.1 cm³/mol. The number of allylic oxidation sites excluding steroid dienone is 3. The van der Waals surface area contributed by atoms with Crippen molar-refractivity contribution in [3.63, 3.8) is 0 Å². The van der Waals surface area contributed by atoms with E-state index >= 15 is 0 Å². The van der Waals surface area contributed by atoms with Gasteiger partial charge in [-0.2, -0.15) is 0 Å². The fraction of sp³-hybridized carbons (Fsp3) is 0.400. The van der Waals surface area contributed by atoms with Gasteiger partial charge in [0.1, 0.15) is 12.5 Å². The minimum atomic E-state index is -0.447. The Hall–Kier alpha value is -1.38. The van der Waals surface area contributed by atoms with E-state index in [4.69, 9.17) is 4.74 Å². The number of rotatable bonds is 0. The van der Waals surface area contributed by atoms with Crippen LogP contribution in [0.3, 0.4) is 0 Å². The van der Waals surface area contributed by atoms with E-state index in [1.807, 2.05) is 6.08 Å². The average molecular weight is 180 g/mol. The molecule has 1 aliphatic rings. The molecule has 3 heteroatoms. The number of ether oxygens (including phenoxy) is 1. The quantitative estimate of drug-likeness (QED) is 0.418. The summed E-state index contributed by atoms with van der Waals surface area (Å²) >= 11 is 0. The predicted octanol–water partition coefficient (Wildman–Crippen LogP) is 1.39. The molecule has 13 heavy (non-hydrogen) atoms. The van der Waals surface area contributed by atoms with Crippen molar-refractivity contribution in [3.05, 3.63) is 24.3 Å². The molecule has 0 unspecified atom stereocenters. The van der Waals surface area contributed by atoms with E-state index in [1.54, 1.807) is 19.1 Å². The summed E-state index contributed by atoms with van der Waals surface area (Å²) in [5, 5.41) is 0. The standard InChI is InChI=1S/C10H12O3/c1-8-5-3-2-4-6-9(11)7-10(12)13-8/h2-4,6,8H,5,7H2,1H3/b3-2-,6-4+/t8-/m1/s1. The number of carbonyl (C=O) groups is 2. The van der Waals surface area contributed by atoms with Gasteiger partial charge in [0.15, 0.2) is 5.78 Å². The molecule has 0 aromatic rings. The highest BCUT2D eigenvalue weighted by atomic mass is 16.5. The minimum Gasteiger partial charge on any atom is -0.462 e. The van der Waals surface area contributed by atoms with Gasteiger partial charge in [-0.25, -0.2) is 0 Å². The van der Waals surface area contributed by atoms with Crippen LogP contribution >= 0.6 is 0 Å². The summed E-state index contributed by atoms with van der Waals surface area (Å²) in [6.07, 6.45) is 7.06. The van der Waals surface area contributed by atoms with Crippen LogP contribution in [0.15, 0.2) is 24.3 Å². The highest BCUT2D eigenvalue weighted by Gasteiger charge is 2.11. The normalized spacial score (nSPS) is 29.2. The van der Waals surface area contributed by atoms with Crippen molar-refractivity contribution >= 4 is 11.8 Å². The molecule has 3 nitrogen and oxygen atoms in total. The van der Waals surface area contributed by atoms with E-state index in [9.17, 15) is 9.59 Å². The highest BCUT2D eigenvalue weighted by molar-refractivity contribution is 6.02. The summed E-state index contributed by atoms with van der Waals surface area (Å²) in [6, 6.07) is 0. The monoisotopic (exact) mass is 180 g/mol. The molecular weight excluding hydrogens is 168 g/mol. The van der Waals surface area contributed by atoms with E-state index in [1.165, 1.54) is 6.08 Å². The second-order valence-electron chi connectivity index (χ2n) is 2.97. The summed E-state index contributed by atoms with van der Waals surface area (Å²) in [7, 11) is 0. The van der Waals surface area contributed by atoms with Crippen LogP contribution in [0, 0.1) is 0 Å². The number of cyclic esters (lactones) is 1. The Kier molecular flexibility index (Phi) is 3.43. The first-order valence-corrected chi connectivity index (χ1v) is 4.24. The van der Waals surface area contributed by atoms with Crippen molar-refractivity contribution < 1.29 is 14.3 Å². The smallest absolute Gasteiger partial charge is 0.313 e. The summed E-state index contributed by atoms with van der Waals surface area (Å²) < 4.78 is 4.95. The third-order valence-corrected chi connectivity index (χ3v) is 1.65. The van der Waals surface area contributed by atoms with Crippen LogP contribution in [0.1, 0.15) is 19.8 Å². The lowest BCUT2D eigenvalue weighted by molar-refractivity contribution is -0.149. The zero-order valence-electron chi connectivity index (χ0n) is 7.53. The highest BCUT2D eigenvalue weighted by Crippen LogP contribution is 2.03. The molecule has 1 heterocycles. The zero-order chi connectivity index (χ0) is 9.68. The number of ketones is 1. The molecule has 0 aromatic carbocycles. The third-order valence-electron chi connectivity index (χ3n) is 1.65. The minimum absolute atomic E-state index is 0.150. The summed E-state index contributed by atoms with van der Waals surface area (Å²) in [5.74, 6) is -0.666. The molecule has 0 N–H and O–H groups in total. The van der Waals surface area contributed by atoms with Crippen LogP contribution in [-0.2, 0) is 14.3 Å². The lowest BCUT2D eigenvalue weighted by Crippen LogP contribution is -2.16. The van der Waals surface area contributed by atoms with Crippen LogP contribution < -0.4 is 0 Å². The Morgan fingerprint density at radius 2 is 2.15 bits per heavy atom. The van der Waals surface area contributed by atoms with Gasteiger partial charge in [0, 0.05) is 6.42 Å². The SMILES string of the molecule is C[C@@H]1C/C=C\C=C\C(=O)CC(=O)O1. The van der Waals surface area contributed by atoms with Crippen molar-refractivity contribution in [3.8, 4) is 0 Å². The number of hydrogen-bond acceptors (Lipinski definition) is 3. The van der Waals surface area contributed by atoms with Crippen molar-refractivity contribution in [1.82, 2.24) is 0 Å². The zero-order valence-corrected chi connectivity index (χ0v) is 7.53. The molecule has 1 aliphatic heterocycles. The van der Waals surface area contributed by atoms with E-state index in [-0.39, 0.29) is 18.3 Å². The van der Waals surface area contributed by atoms with Gasteiger partial charge < -0.3 is 4.74 Å². The number of esters is 1. The molecule has 0 saturated carbocycles. The van der Waals surface area contributed by atoms with Gasteiger partial charge in [0.25, 0.3) is 0 Å². The molecular formula is C10H12O3. The lowest BCUT2D eigenvalue weighted by atomic mass is 10.2. The van der Waals surface area contributed by atoms with E-state index in [0.717, 1.165) is 0 Å². The maximum absolute atomic E-state index is 11.0. The molecule has 1 rings (SSSR count). The Bertz CT molecular complexity index is 263. The second kappa shape index (κ2) is 4.60.